The van der Waals surface area contributed by atoms with Crippen molar-refractivity contribution in [2.75, 3.05) is 20.1 Å². The van der Waals surface area contributed by atoms with Gasteiger partial charge in [0, 0.05) is 12.1 Å². The van der Waals surface area contributed by atoms with Gasteiger partial charge in [-0.1, -0.05) is 19.3 Å². The molecule has 2 aliphatic rings. The summed E-state index contributed by atoms with van der Waals surface area (Å²) in [6, 6.07) is 1.73. The van der Waals surface area contributed by atoms with Gasteiger partial charge in [0.1, 0.15) is 0 Å². The zero-order valence-electron chi connectivity index (χ0n) is 10.9. The third-order valence-corrected chi connectivity index (χ3v) is 4.42. The van der Waals surface area contributed by atoms with Gasteiger partial charge in [0.05, 0.1) is 0 Å². The van der Waals surface area contributed by atoms with Crippen LogP contribution in [0.2, 0.25) is 0 Å². The van der Waals surface area contributed by atoms with E-state index in [1.54, 1.807) is 0 Å². The van der Waals surface area contributed by atoms with Crippen molar-refractivity contribution in [1.82, 2.24) is 10.2 Å². The van der Waals surface area contributed by atoms with Crippen LogP contribution in [0.25, 0.3) is 0 Å². The van der Waals surface area contributed by atoms with Gasteiger partial charge in [-0.15, -0.1) is 0 Å². The van der Waals surface area contributed by atoms with Gasteiger partial charge >= 0.3 is 0 Å². The molecular weight excluding hydrogens is 196 g/mol. The quantitative estimate of drug-likeness (QED) is 0.772. The molecule has 0 amide bonds. The molecule has 1 aliphatic carbocycles. The molecule has 1 aliphatic heterocycles. The maximum Gasteiger partial charge on any atom is 0.00922 e. The van der Waals surface area contributed by atoms with Gasteiger partial charge < -0.3 is 10.2 Å². The van der Waals surface area contributed by atoms with E-state index < -0.39 is 0 Å². The average molecular weight is 224 g/mol. The lowest BCUT2D eigenvalue weighted by atomic mass is 9.94. The maximum absolute atomic E-state index is 3.59. The van der Waals surface area contributed by atoms with Crippen LogP contribution in [0, 0.1) is 0 Å². The topological polar surface area (TPSA) is 15.3 Å². The highest BCUT2D eigenvalue weighted by Crippen LogP contribution is 2.22. The molecule has 16 heavy (non-hydrogen) atoms. The van der Waals surface area contributed by atoms with E-state index in [0.29, 0.717) is 0 Å². The second kappa shape index (κ2) is 6.61. The Morgan fingerprint density at radius 3 is 2.56 bits per heavy atom. The van der Waals surface area contributed by atoms with Gasteiger partial charge in [0.15, 0.2) is 0 Å². The summed E-state index contributed by atoms with van der Waals surface area (Å²) < 4.78 is 0. The summed E-state index contributed by atoms with van der Waals surface area (Å²) in [4.78, 5) is 2.62. The molecule has 0 aromatic heterocycles. The van der Waals surface area contributed by atoms with Crippen molar-refractivity contribution in [3.63, 3.8) is 0 Å². The molecule has 1 atom stereocenters. The van der Waals surface area contributed by atoms with Gasteiger partial charge in [-0.05, 0) is 58.7 Å². The minimum absolute atomic E-state index is 0.833. The Morgan fingerprint density at radius 2 is 1.88 bits per heavy atom. The van der Waals surface area contributed by atoms with Crippen LogP contribution in [0.15, 0.2) is 0 Å². The molecule has 1 unspecified atom stereocenters. The van der Waals surface area contributed by atoms with Crippen LogP contribution in [0.1, 0.15) is 57.8 Å². The van der Waals surface area contributed by atoms with Gasteiger partial charge in [0.25, 0.3) is 0 Å². The molecule has 0 bridgehead atoms. The van der Waals surface area contributed by atoms with Crippen molar-refractivity contribution in [2.45, 2.75) is 69.9 Å². The molecule has 1 heterocycles. The summed E-state index contributed by atoms with van der Waals surface area (Å²) >= 11 is 0. The van der Waals surface area contributed by atoms with E-state index in [-0.39, 0.29) is 0 Å². The summed E-state index contributed by atoms with van der Waals surface area (Å²) in [6.07, 6.45) is 12.8. The lowest BCUT2D eigenvalue weighted by Gasteiger charge is -2.31. The van der Waals surface area contributed by atoms with E-state index in [4.69, 9.17) is 0 Å². The lowest BCUT2D eigenvalue weighted by molar-refractivity contribution is 0.187. The second-order valence-corrected chi connectivity index (χ2v) is 5.71. The van der Waals surface area contributed by atoms with Gasteiger partial charge in [-0.25, -0.2) is 0 Å². The van der Waals surface area contributed by atoms with E-state index in [2.05, 4.69) is 17.3 Å². The molecule has 2 fully saturated rings. The predicted molar refractivity (Wildman–Crippen MR) is 69.8 cm³/mol. The average Bonchev–Trinajstić information content (AvgIpc) is 2.83. The Balaban J connectivity index is 1.57. The highest BCUT2D eigenvalue weighted by atomic mass is 15.1. The summed E-state index contributed by atoms with van der Waals surface area (Å²) in [5.74, 6) is 0. The van der Waals surface area contributed by atoms with E-state index >= 15 is 0 Å². The minimum atomic E-state index is 0.833. The van der Waals surface area contributed by atoms with E-state index in [0.717, 1.165) is 12.1 Å². The summed E-state index contributed by atoms with van der Waals surface area (Å²) in [6.45, 7) is 2.56. The first-order valence-electron chi connectivity index (χ1n) is 7.30. The van der Waals surface area contributed by atoms with Crippen molar-refractivity contribution in [3.8, 4) is 0 Å². The fraction of sp³-hybridized carbons (Fsp3) is 1.00. The molecule has 0 aromatic carbocycles. The molecule has 2 heteroatoms. The molecule has 1 saturated carbocycles. The van der Waals surface area contributed by atoms with Crippen LogP contribution >= 0.6 is 0 Å². The number of nitrogens with one attached hydrogen (secondary N) is 1. The molecule has 1 saturated heterocycles. The first-order valence-corrected chi connectivity index (χ1v) is 7.30. The zero-order valence-corrected chi connectivity index (χ0v) is 10.9. The number of hydrogen-bond donors (Lipinski definition) is 1. The van der Waals surface area contributed by atoms with Crippen molar-refractivity contribution >= 4 is 0 Å². The lowest BCUT2D eigenvalue weighted by Crippen LogP contribution is -2.34. The van der Waals surface area contributed by atoms with Crippen molar-refractivity contribution in [1.29, 1.82) is 0 Å². The van der Waals surface area contributed by atoms with Gasteiger partial charge in [-0.3, -0.25) is 0 Å². The van der Waals surface area contributed by atoms with Crippen LogP contribution in [0.5, 0.6) is 0 Å². The summed E-state index contributed by atoms with van der Waals surface area (Å²) in [7, 11) is 2.33. The van der Waals surface area contributed by atoms with E-state index in [9.17, 15) is 0 Å². The first kappa shape index (κ1) is 12.4. The second-order valence-electron chi connectivity index (χ2n) is 5.71. The summed E-state index contributed by atoms with van der Waals surface area (Å²) in [5, 5.41) is 3.59. The Morgan fingerprint density at radius 1 is 1.06 bits per heavy atom. The van der Waals surface area contributed by atoms with Crippen LogP contribution in [0.4, 0.5) is 0 Å². The van der Waals surface area contributed by atoms with Crippen LogP contribution in [-0.2, 0) is 0 Å². The molecular formula is C14H28N2. The Bertz CT molecular complexity index is 181. The normalized spacial score (nSPS) is 27.8. The van der Waals surface area contributed by atoms with Crippen LogP contribution < -0.4 is 5.32 Å². The van der Waals surface area contributed by atoms with E-state index in [1.165, 1.54) is 70.9 Å². The minimum Gasteiger partial charge on any atom is -0.314 e. The highest BCUT2D eigenvalue weighted by molar-refractivity contribution is 4.76. The third kappa shape index (κ3) is 3.74. The number of nitrogens with zero attached hydrogens (tertiary/aromatic N) is 1. The smallest absolute Gasteiger partial charge is 0.00922 e. The molecule has 0 spiro atoms. The Hall–Kier alpha value is -0.0800. The predicted octanol–water partition coefficient (Wildman–Crippen LogP) is 2.78. The standard InChI is InChI=1S/C14H28N2/c1-16(14-9-3-2-4-10-14)12-6-8-13-7-5-11-15-13/h13-15H,2-12H2,1H3. The largest absolute Gasteiger partial charge is 0.314 e. The fourth-order valence-electron chi connectivity index (χ4n) is 3.29. The molecule has 0 aromatic rings. The van der Waals surface area contributed by atoms with Crippen LogP contribution in [0.3, 0.4) is 0 Å². The Kier molecular flexibility index (Phi) is 5.11. The first-order chi connectivity index (χ1) is 7.86. The zero-order chi connectivity index (χ0) is 11.2. The van der Waals surface area contributed by atoms with Gasteiger partial charge in [-0.2, -0.15) is 0 Å². The van der Waals surface area contributed by atoms with Crippen molar-refractivity contribution in [3.05, 3.63) is 0 Å². The van der Waals surface area contributed by atoms with E-state index in [1.807, 2.05) is 0 Å². The molecule has 2 rings (SSSR count). The summed E-state index contributed by atoms with van der Waals surface area (Å²) in [5.41, 5.74) is 0. The number of hydrogen-bond acceptors (Lipinski definition) is 2. The molecule has 2 nitrogen and oxygen atoms in total. The molecule has 94 valence electrons. The monoisotopic (exact) mass is 224 g/mol. The highest BCUT2D eigenvalue weighted by Gasteiger charge is 2.18. The number of rotatable bonds is 5. The van der Waals surface area contributed by atoms with Crippen molar-refractivity contribution < 1.29 is 0 Å². The van der Waals surface area contributed by atoms with Crippen LogP contribution in [-0.4, -0.2) is 37.1 Å². The molecule has 1 N–H and O–H groups in total. The molecule has 0 radical (unpaired) electrons. The fourth-order valence-corrected chi connectivity index (χ4v) is 3.29. The van der Waals surface area contributed by atoms with Crippen molar-refractivity contribution in [2.24, 2.45) is 0 Å². The van der Waals surface area contributed by atoms with Gasteiger partial charge in [0.2, 0.25) is 0 Å². The maximum atomic E-state index is 3.59. The Labute approximate surface area is 101 Å². The SMILES string of the molecule is CN(CCCC1CCCN1)C1CCCCC1. The third-order valence-electron chi connectivity index (χ3n) is 4.42.